The zero-order chi connectivity index (χ0) is 8.10. The van der Waals surface area contributed by atoms with Crippen LogP contribution in [0.25, 0.3) is 0 Å². The van der Waals surface area contributed by atoms with Gasteiger partial charge in [0.15, 0.2) is 0 Å². The van der Waals surface area contributed by atoms with Gasteiger partial charge in [-0.3, -0.25) is 5.43 Å². The molecule has 1 heterocycles. The Balaban J connectivity index is 2.55. The van der Waals surface area contributed by atoms with Crippen LogP contribution in [0.3, 0.4) is 0 Å². The third-order valence-corrected chi connectivity index (χ3v) is 1.69. The lowest BCUT2D eigenvalue weighted by atomic mass is 10.4. The van der Waals surface area contributed by atoms with Crippen molar-refractivity contribution in [3.8, 4) is 6.19 Å². The van der Waals surface area contributed by atoms with Crippen molar-refractivity contribution in [2.75, 3.05) is 13.1 Å². The van der Waals surface area contributed by atoms with Crippen LogP contribution in [-0.4, -0.2) is 23.9 Å². The molecule has 1 fully saturated rings. The zero-order valence-corrected chi connectivity index (χ0v) is 6.25. The summed E-state index contributed by atoms with van der Waals surface area (Å²) in [4.78, 5) is 5.50. The fourth-order valence-electron chi connectivity index (χ4n) is 1.17. The van der Waals surface area contributed by atoms with Gasteiger partial charge in [0.25, 0.3) is 0 Å². The van der Waals surface area contributed by atoms with Crippen molar-refractivity contribution in [3.63, 3.8) is 0 Å². The summed E-state index contributed by atoms with van der Waals surface area (Å²) in [5.41, 5.74) is 2.40. The molecule has 0 bridgehead atoms. The zero-order valence-electron chi connectivity index (χ0n) is 6.25. The molecular formula is C6H11N5. The molecule has 11 heavy (non-hydrogen) atoms. The normalized spacial score (nSPS) is 18.2. The quantitative estimate of drug-likeness (QED) is 0.160. The van der Waals surface area contributed by atoms with Crippen LogP contribution in [-0.2, 0) is 0 Å². The molecular weight excluding hydrogens is 142 g/mol. The van der Waals surface area contributed by atoms with E-state index in [0.29, 0.717) is 5.96 Å². The van der Waals surface area contributed by atoms with Crippen LogP contribution in [0.5, 0.6) is 0 Å². The van der Waals surface area contributed by atoms with E-state index in [0.717, 1.165) is 25.9 Å². The van der Waals surface area contributed by atoms with Gasteiger partial charge < -0.3 is 4.90 Å². The third kappa shape index (κ3) is 1.82. The average Bonchev–Trinajstić information content (AvgIpc) is 2.52. The molecule has 0 saturated carbocycles. The van der Waals surface area contributed by atoms with Crippen molar-refractivity contribution < 1.29 is 0 Å². The monoisotopic (exact) mass is 153 g/mol. The Hall–Kier alpha value is -1.28. The standard InChI is InChI=1S/C6H11N5/c7-5-9-6(10-8)11-3-1-2-4-11/h1-4,8H2,(H,9,10). The van der Waals surface area contributed by atoms with Gasteiger partial charge in [-0.15, -0.1) is 4.99 Å². The Labute approximate surface area is 65.5 Å². The SMILES string of the molecule is N#C/N=C(/NN)N1CCCC1. The molecule has 0 unspecified atom stereocenters. The molecule has 0 spiro atoms. The van der Waals surface area contributed by atoms with Gasteiger partial charge in [0, 0.05) is 13.1 Å². The van der Waals surface area contributed by atoms with Gasteiger partial charge in [0.2, 0.25) is 12.2 Å². The van der Waals surface area contributed by atoms with Crippen LogP contribution >= 0.6 is 0 Å². The van der Waals surface area contributed by atoms with E-state index in [1.807, 2.05) is 4.90 Å². The maximum absolute atomic E-state index is 8.27. The summed E-state index contributed by atoms with van der Waals surface area (Å²) in [6.45, 7) is 1.87. The fourth-order valence-corrected chi connectivity index (χ4v) is 1.17. The van der Waals surface area contributed by atoms with Crippen LogP contribution in [0.4, 0.5) is 0 Å². The minimum absolute atomic E-state index is 0.477. The number of nitrogens with two attached hydrogens (primary N) is 1. The van der Waals surface area contributed by atoms with E-state index in [1.54, 1.807) is 6.19 Å². The number of hydrazine groups is 1. The Morgan fingerprint density at radius 2 is 2.18 bits per heavy atom. The number of guanidine groups is 1. The van der Waals surface area contributed by atoms with Crippen molar-refractivity contribution in [1.29, 1.82) is 5.26 Å². The van der Waals surface area contributed by atoms with Crippen molar-refractivity contribution in [3.05, 3.63) is 0 Å². The number of rotatable bonds is 0. The van der Waals surface area contributed by atoms with E-state index in [1.165, 1.54) is 0 Å². The minimum Gasteiger partial charge on any atom is -0.341 e. The molecule has 1 saturated heterocycles. The smallest absolute Gasteiger partial charge is 0.224 e. The van der Waals surface area contributed by atoms with Crippen LogP contribution in [0.15, 0.2) is 4.99 Å². The van der Waals surface area contributed by atoms with Crippen LogP contribution in [0, 0.1) is 11.5 Å². The maximum atomic E-state index is 8.27. The summed E-state index contributed by atoms with van der Waals surface area (Å²) < 4.78 is 0. The third-order valence-electron chi connectivity index (χ3n) is 1.69. The molecule has 0 aromatic carbocycles. The van der Waals surface area contributed by atoms with E-state index < -0.39 is 0 Å². The largest absolute Gasteiger partial charge is 0.341 e. The lowest BCUT2D eigenvalue weighted by Crippen LogP contribution is -2.43. The average molecular weight is 153 g/mol. The molecule has 0 atom stereocenters. The Morgan fingerprint density at radius 3 is 2.64 bits per heavy atom. The number of likely N-dealkylation sites (tertiary alicyclic amines) is 1. The van der Waals surface area contributed by atoms with E-state index in [-0.39, 0.29) is 0 Å². The fraction of sp³-hybridized carbons (Fsp3) is 0.667. The van der Waals surface area contributed by atoms with Gasteiger partial charge in [-0.1, -0.05) is 0 Å². The molecule has 0 amide bonds. The molecule has 0 aliphatic carbocycles. The van der Waals surface area contributed by atoms with Gasteiger partial charge in [0.05, 0.1) is 0 Å². The summed E-state index contributed by atoms with van der Waals surface area (Å²) in [6, 6.07) is 0. The first-order valence-corrected chi connectivity index (χ1v) is 3.57. The van der Waals surface area contributed by atoms with E-state index in [2.05, 4.69) is 10.4 Å². The second-order valence-corrected chi connectivity index (χ2v) is 2.37. The van der Waals surface area contributed by atoms with E-state index >= 15 is 0 Å². The highest BCUT2D eigenvalue weighted by atomic mass is 15.4. The number of nitrogens with one attached hydrogen (secondary N) is 1. The Morgan fingerprint density at radius 1 is 1.55 bits per heavy atom. The molecule has 3 N–H and O–H groups in total. The number of hydrogen-bond donors (Lipinski definition) is 2. The maximum Gasteiger partial charge on any atom is 0.224 e. The summed E-state index contributed by atoms with van der Waals surface area (Å²) in [6.07, 6.45) is 3.99. The molecule has 1 rings (SSSR count). The van der Waals surface area contributed by atoms with Crippen molar-refractivity contribution in [2.45, 2.75) is 12.8 Å². The Bertz CT molecular complexity index is 186. The van der Waals surface area contributed by atoms with Gasteiger partial charge in [0.1, 0.15) is 0 Å². The van der Waals surface area contributed by atoms with Crippen molar-refractivity contribution >= 4 is 5.96 Å². The van der Waals surface area contributed by atoms with Crippen molar-refractivity contribution in [1.82, 2.24) is 10.3 Å². The molecule has 60 valence electrons. The molecule has 5 nitrogen and oxygen atoms in total. The highest BCUT2D eigenvalue weighted by Crippen LogP contribution is 2.06. The summed E-state index contributed by atoms with van der Waals surface area (Å²) in [5.74, 6) is 5.64. The lowest BCUT2D eigenvalue weighted by molar-refractivity contribution is 0.497. The van der Waals surface area contributed by atoms with Crippen molar-refractivity contribution in [2.24, 2.45) is 10.8 Å². The number of nitrogens with zero attached hydrogens (tertiary/aromatic N) is 3. The highest BCUT2D eigenvalue weighted by molar-refractivity contribution is 5.80. The first-order valence-electron chi connectivity index (χ1n) is 3.57. The summed E-state index contributed by atoms with van der Waals surface area (Å²) >= 11 is 0. The number of aliphatic imine (C=N–C) groups is 1. The topological polar surface area (TPSA) is 77.4 Å². The Kier molecular flexibility index (Phi) is 2.69. The molecule has 0 aromatic heterocycles. The molecule has 0 aromatic rings. The lowest BCUT2D eigenvalue weighted by Gasteiger charge is -2.16. The van der Waals surface area contributed by atoms with Gasteiger partial charge in [-0.2, -0.15) is 5.26 Å². The van der Waals surface area contributed by atoms with Gasteiger partial charge >= 0.3 is 0 Å². The summed E-state index contributed by atoms with van der Waals surface area (Å²) in [7, 11) is 0. The molecule has 1 aliphatic heterocycles. The van der Waals surface area contributed by atoms with Crippen LogP contribution < -0.4 is 11.3 Å². The molecule has 1 aliphatic rings. The molecule has 5 heteroatoms. The minimum atomic E-state index is 0.477. The predicted octanol–water partition coefficient (Wildman–Crippen LogP) is -0.617. The number of hydrogen-bond acceptors (Lipinski definition) is 3. The van der Waals surface area contributed by atoms with Gasteiger partial charge in [-0.25, -0.2) is 5.84 Å². The van der Waals surface area contributed by atoms with E-state index in [4.69, 9.17) is 11.1 Å². The highest BCUT2D eigenvalue weighted by Gasteiger charge is 2.14. The predicted molar refractivity (Wildman–Crippen MR) is 41.2 cm³/mol. The first-order chi connectivity index (χ1) is 5.38. The van der Waals surface area contributed by atoms with Gasteiger partial charge in [-0.05, 0) is 12.8 Å². The second kappa shape index (κ2) is 3.78. The molecule has 0 radical (unpaired) electrons. The van der Waals surface area contributed by atoms with Crippen LogP contribution in [0.1, 0.15) is 12.8 Å². The van der Waals surface area contributed by atoms with E-state index in [9.17, 15) is 0 Å². The van der Waals surface area contributed by atoms with Crippen LogP contribution in [0.2, 0.25) is 0 Å². The number of nitriles is 1. The second-order valence-electron chi connectivity index (χ2n) is 2.37. The summed E-state index contributed by atoms with van der Waals surface area (Å²) in [5, 5.41) is 8.27. The first kappa shape index (κ1) is 7.82.